The summed E-state index contributed by atoms with van der Waals surface area (Å²) in [6.45, 7) is 2.50. The molecule has 0 aliphatic carbocycles. The maximum atomic E-state index is 12.0. The number of likely N-dealkylation sites (N-methyl/N-ethyl adjacent to an activating group) is 1. The number of hydrogen-bond acceptors (Lipinski definition) is 3. The molecule has 1 aliphatic rings. The molecule has 104 valence electrons. The van der Waals surface area contributed by atoms with Gasteiger partial charge in [-0.05, 0) is 26.3 Å². The molecule has 2 atom stereocenters. The van der Waals surface area contributed by atoms with Crippen LogP contribution in [0.1, 0.15) is 39.0 Å². The summed E-state index contributed by atoms with van der Waals surface area (Å²) in [4.78, 5) is 26.7. The molecule has 1 saturated heterocycles. The maximum absolute atomic E-state index is 12.0. The number of likely N-dealkylation sites (tertiary alicyclic amines) is 1. The van der Waals surface area contributed by atoms with Crippen molar-refractivity contribution in [3.05, 3.63) is 0 Å². The second-order valence-electron chi connectivity index (χ2n) is 5.20. The maximum Gasteiger partial charge on any atom is 0.320 e. The molecule has 0 aromatic carbocycles. The number of nitrogens with zero attached hydrogens (tertiary/aromatic N) is 2. The number of carbonyl (C=O) groups excluding carboxylic acids is 1. The molecule has 1 N–H and O–H groups in total. The summed E-state index contributed by atoms with van der Waals surface area (Å²) in [6, 6.07) is -0.886. The van der Waals surface area contributed by atoms with E-state index in [1.54, 1.807) is 21.0 Å². The third kappa shape index (κ3) is 3.70. The summed E-state index contributed by atoms with van der Waals surface area (Å²) in [7, 11) is 3.41. The molecule has 5 heteroatoms. The summed E-state index contributed by atoms with van der Waals surface area (Å²) in [6.07, 6.45) is 4.74. The van der Waals surface area contributed by atoms with Crippen LogP contribution in [0.4, 0.5) is 0 Å². The first kappa shape index (κ1) is 15.0. The molecule has 1 fully saturated rings. The van der Waals surface area contributed by atoms with Gasteiger partial charge in [0.15, 0.2) is 0 Å². The Hall–Kier alpha value is -1.10. The van der Waals surface area contributed by atoms with Crippen molar-refractivity contribution in [2.75, 3.05) is 20.6 Å². The molecule has 18 heavy (non-hydrogen) atoms. The van der Waals surface area contributed by atoms with Gasteiger partial charge in [-0.25, -0.2) is 0 Å². The Morgan fingerprint density at radius 2 is 1.83 bits per heavy atom. The average molecular weight is 256 g/mol. The van der Waals surface area contributed by atoms with Gasteiger partial charge < -0.3 is 10.0 Å². The van der Waals surface area contributed by atoms with Crippen molar-refractivity contribution in [3.8, 4) is 0 Å². The van der Waals surface area contributed by atoms with Crippen LogP contribution in [0.3, 0.4) is 0 Å². The zero-order chi connectivity index (χ0) is 13.7. The minimum absolute atomic E-state index is 0.0261. The van der Waals surface area contributed by atoms with Crippen LogP contribution in [-0.2, 0) is 9.59 Å². The number of amides is 1. The standard InChI is InChI=1S/C13H24N2O3/c1-10(12(16)14(2)3)15-9-7-5-4-6-8-11(15)13(17)18/h10-11H,4-9H2,1-3H3,(H,17,18). The molecule has 1 heterocycles. The van der Waals surface area contributed by atoms with Gasteiger partial charge in [0.1, 0.15) is 6.04 Å². The van der Waals surface area contributed by atoms with E-state index in [9.17, 15) is 14.7 Å². The monoisotopic (exact) mass is 256 g/mol. The predicted octanol–water partition coefficient (Wildman–Crippen LogP) is 1.18. The molecular weight excluding hydrogens is 232 g/mol. The molecule has 0 aromatic rings. The van der Waals surface area contributed by atoms with Gasteiger partial charge in [0, 0.05) is 14.1 Å². The lowest BCUT2D eigenvalue weighted by molar-refractivity contribution is -0.147. The van der Waals surface area contributed by atoms with Crippen molar-refractivity contribution in [2.45, 2.75) is 51.1 Å². The van der Waals surface area contributed by atoms with E-state index in [0.29, 0.717) is 13.0 Å². The Balaban J connectivity index is 2.83. The quantitative estimate of drug-likeness (QED) is 0.823. The number of rotatable bonds is 3. The molecule has 0 spiro atoms. The molecular formula is C13H24N2O3. The van der Waals surface area contributed by atoms with E-state index in [-0.39, 0.29) is 11.9 Å². The highest BCUT2D eigenvalue weighted by Gasteiger charge is 2.33. The fraction of sp³-hybridized carbons (Fsp3) is 0.846. The van der Waals surface area contributed by atoms with Crippen LogP contribution in [0.5, 0.6) is 0 Å². The molecule has 0 radical (unpaired) electrons. The van der Waals surface area contributed by atoms with Gasteiger partial charge in [0.25, 0.3) is 0 Å². The molecule has 5 nitrogen and oxygen atoms in total. The number of carboxylic acid groups (broad SMARTS) is 1. The minimum Gasteiger partial charge on any atom is -0.480 e. The van der Waals surface area contributed by atoms with Gasteiger partial charge in [0.05, 0.1) is 6.04 Å². The van der Waals surface area contributed by atoms with Crippen LogP contribution in [0.2, 0.25) is 0 Å². The fourth-order valence-corrected chi connectivity index (χ4v) is 2.55. The minimum atomic E-state index is -0.810. The van der Waals surface area contributed by atoms with E-state index in [1.807, 2.05) is 4.90 Å². The van der Waals surface area contributed by atoms with Gasteiger partial charge in [-0.2, -0.15) is 0 Å². The van der Waals surface area contributed by atoms with Crippen molar-refractivity contribution in [2.24, 2.45) is 0 Å². The van der Waals surface area contributed by atoms with Crippen LogP contribution in [0.15, 0.2) is 0 Å². The largest absolute Gasteiger partial charge is 0.480 e. The summed E-state index contributed by atoms with van der Waals surface area (Å²) < 4.78 is 0. The smallest absolute Gasteiger partial charge is 0.320 e. The molecule has 1 rings (SSSR count). The van der Waals surface area contributed by atoms with Gasteiger partial charge in [-0.1, -0.05) is 19.3 Å². The van der Waals surface area contributed by atoms with Crippen LogP contribution in [0, 0.1) is 0 Å². The summed E-state index contributed by atoms with van der Waals surface area (Å²) in [5, 5.41) is 9.33. The zero-order valence-electron chi connectivity index (χ0n) is 11.6. The zero-order valence-corrected chi connectivity index (χ0v) is 11.6. The Morgan fingerprint density at radius 1 is 1.22 bits per heavy atom. The second-order valence-corrected chi connectivity index (χ2v) is 5.20. The van der Waals surface area contributed by atoms with Gasteiger partial charge in [-0.3, -0.25) is 14.5 Å². The first-order valence-corrected chi connectivity index (χ1v) is 6.65. The third-order valence-corrected chi connectivity index (χ3v) is 3.62. The van der Waals surface area contributed by atoms with Gasteiger partial charge in [0.2, 0.25) is 5.91 Å². The summed E-state index contributed by atoms with van der Waals surface area (Å²) >= 11 is 0. The van der Waals surface area contributed by atoms with Gasteiger partial charge in [-0.15, -0.1) is 0 Å². The van der Waals surface area contributed by atoms with E-state index in [4.69, 9.17) is 0 Å². The van der Waals surface area contributed by atoms with Crippen molar-refractivity contribution in [3.63, 3.8) is 0 Å². The molecule has 2 unspecified atom stereocenters. The van der Waals surface area contributed by atoms with Crippen molar-refractivity contribution in [1.82, 2.24) is 9.80 Å². The molecule has 1 aliphatic heterocycles. The first-order valence-electron chi connectivity index (χ1n) is 6.65. The number of carboxylic acids is 1. The van der Waals surface area contributed by atoms with E-state index < -0.39 is 12.0 Å². The Bertz CT molecular complexity index is 305. The Labute approximate surface area is 109 Å². The fourth-order valence-electron chi connectivity index (χ4n) is 2.55. The van der Waals surface area contributed by atoms with Crippen molar-refractivity contribution >= 4 is 11.9 Å². The first-order chi connectivity index (χ1) is 8.45. The van der Waals surface area contributed by atoms with E-state index in [2.05, 4.69) is 0 Å². The topological polar surface area (TPSA) is 60.9 Å². The summed E-state index contributed by atoms with van der Waals surface area (Å²) in [5.41, 5.74) is 0. The van der Waals surface area contributed by atoms with E-state index in [1.165, 1.54) is 4.90 Å². The van der Waals surface area contributed by atoms with Crippen LogP contribution < -0.4 is 0 Å². The third-order valence-electron chi connectivity index (χ3n) is 3.62. The lowest BCUT2D eigenvalue weighted by Gasteiger charge is -2.35. The SMILES string of the molecule is CC(C(=O)N(C)C)N1CCCCCCC1C(=O)O. The second kappa shape index (κ2) is 6.73. The van der Waals surface area contributed by atoms with Gasteiger partial charge >= 0.3 is 5.97 Å². The molecule has 0 saturated carbocycles. The highest BCUT2D eigenvalue weighted by molar-refractivity contribution is 5.82. The predicted molar refractivity (Wildman–Crippen MR) is 69.4 cm³/mol. The van der Waals surface area contributed by atoms with E-state index >= 15 is 0 Å². The highest BCUT2D eigenvalue weighted by atomic mass is 16.4. The Morgan fingerprint density at radius 3 is 2.39 bits per heavy atom. The number of aliphatic carboxylic acids is 1. The lowest BCUT2D eigenvalue weighted by Crippen LogP contribution is -2.52. The van der Waals surface area contributed by atoms with Crippen LogP contribution in [0.25, 0.3) is 0 Å². The number of hydrogen-bond donors (Lipinski definition) is 1. The van der Waals surface area contributed by atoms with Crippen molar-refractivity contribution < 1.29 is 14.7 Å². The lowest BCUT2D eigenvalue weighted by atomic mass is 10.00. The molecule has 0 aromatic heterocycles. The normalized spacial score (nSPS) is 23.8. The van der Waals surface area contributed by atoms with Crippen LogP contribution in [-0.4, -0.2) is 59.5 Å². The molecule has 1 amide bonds. The van der Waals surface area contributed by atoms with Crippen molar-refractivity contribution in [1.29, 1.82) is 0 Å². The van der Waals surface area contributed by atoms with Crippen LogP contribution >= 0.6 is 0 Å². The highest BCUT2D eigenvalue weighted by Crippen LogP contribution is 2.19. The average Bonchev–Trinajstić information content (AvgIpc) is 2.26. The summed E-state index contributed by atoms with van der Waals surface area (Å²) in [5.74, 6) is -0.836. The van der Waals surface area contributed by atoms with E-state index in [0.717, 1.165) is 25.7 Å². The molecule has 0 bridgehead atoms. The number of carbonyl (C=O) groups is 2. The Kier molecular flexibility index (Phi) is 5.59.